The molecule has 0 saturated heterocycles. The standard InChI is InChI=1S/C8H4BrN3O/c9-7-4(3-10)1-2-5-6(7)8(13)12-11-5/h1-2H,(H2,11,12,13). The van der Waals surface area contributed by atoms with E-state index in [-0.39, 0.29) is 5.56 Å². The molecule has 2 N–H and O–H groups in total. The average molecular weight is 238 g/mol. The molecule has 2 aromatic rings. The third-order valence-electron chi connectivity index (χ3n) is 1.80. The van der Waals surface area contributed by atoms with Gasteiger partial charge in [-0.3, -0.25) is 15.0 Å². The minimum absolute atomic E-state index is 0.223. The number of rotatable bonds is 0. The van der Waals surface area contributed by atoms with E-state index < -0.39 is 0 Å². The lowest BCUT2D eigenvalue weighted by Gasteiger charge is -1.93. The van der Waals surface area contributed by atoms with Crippen LogP contribution in [0.25, 0.3) is 10.9 Å². The summed E-state index contributed by atoms with van der Waals surface area (Å²) in [5.74, 6) is 0. The fraction of sp³-hybridized carbons (Fsp3) is 0. The lowest BCUT2D eigenvalue weighted by Crippen LogP contribution is -1.98. The molecule has 0 aliphatic rings. The minimum Gasteiger partial charge on any atom is -0.297 e. The summed E-state index contributed by atoms with van der Waals surface area (Å²) in [6.45, 7) is 0. The summed E-state index contributed by atoms with van der Waals surface area (Å²) >= 11 is 3.21. The number of hydrogen-bond acceptors (Lipinski definition) is 2. The Kier molecular flexibility index (Phi) is 1.71. The van der Waals surface area contributed by atoms with Crippen LogP contribution in [0.3, 0.4) is 0 Å². The first kappa shape index (κ1) is 8.08. The Balaban J connectivity index is 3.02. The molecule has 0 amide bonds. The van der Waals surface area contributed by atoms with Crippen molar-refractivity contribution in [2.45, 2.75) is 0 Å². The maximum atomic E-state index is 11.2. The molecular formula is C8H4BrN3O. The van der Waals surface area contributed by atoms with Gasteiger partial charge in [-0.15, -0.1) is 0 Å². The van der Waals surface area contributed by atoms with Crippen molar-refractivity contribution in [1.29, 1.82) is 5.26 Å². The van der Waals surface area contributed by atoms with Crippen molar-refractivity contribution in [3.05, 3.63) is 32.5 Å². The molecule has 0 fully saturated rings. The lowest BCUT2D eigenvalue weighted by atomic mass is 10.2. The van der Waals surface area contributed by atoms with Crippen LogP contribution in [0.4, 0.5) is 0 Å². The summed E-state index contributed by atoms with van der Waals surface area (Å²) in [5.41, 5.74) is 0.924. The van der Waals surface area contributed by atoms with E-state index >= 15 is 0 Å². The minimum atomic E-state index is -0.223. The first-order valence-corrected chi connectivity index (χ1v) is 4.32. The Labute approximate surface area is 81.3 Å². The van der Waals surface area contributed by atoms with Gasteiger partial charge in [0.05, 0.1) is 20.9 Å². The number of aromatic nitrogens is 2. The molecule has 1 aromatic carbocycles. The Morgan fingerprint density at radius 1 is 1.38 bits per heavy atom. The molecule has 0 spiro atoms. The molecule has 0 radical (unpaired) electrons. The highest BCUT2D eigenvalue weighted by Gasteiger charge is 2.08. The van der Waals surface area contributed by atoms with Crippen LogP contribution in [0.1, 0.15) is 5.56 Å². The molecule has 0 aliphatic carbocycles. The highest BCUT2D eigenvalue weighted by Crippen LogP contribution is 2.23. The van der Waals surface area contributed by atoms with Gasteiger partial charge in [-0.05, 0) is 28.1 Å². The number of nitrogens with zero attached hydrogens (tertiary/aromatic N) is 1. The van der Waals surface area contributed by atoms with Crippen molar-refractivity contribution < 1.29 is 0 Å². The summed E-state index contributed by atoms with van der Waals surface area (Å²) in [5, 5.41) is 14.3. The fourth-order valence-electron chi connectivity index (χ4n) is 1.18. The first-order valence-electron chi connectivity index (χ1n) is 3.53. The van der Waals surface area contributed by atoms with Crippen LogP contribution >= 0.6 is 15.9 Å². The number of nitriles is 1. The number of aromatic amines is 2. The molecule has 2 rings (SSSR count). The molecule has 0 bridgehead atoms. The van der Waals surface area contributed by atoms with Gasteiger partial charge < -0.3 is 0 Å². The summed E-state index contributed by atoms with van der Waals surface area (Å²) in [7, 11) is 0. The van der Waals surface area contributed by atoms with Gasteiger partial charge in [0.1, 0.15) is 6.07 Å². The Bertz CT molecular complexity index is 561. The zero-order valence-electron chi connectivity index (χ0n) is 6.39. The van der Waals surface area contributed by atoms with E-state index in [1.54, 1.807) is 12.1 Å². The van der Waals surface area contributed by atoms with E-state index in [9.17, 15) is 4.79 Å². The summed E-state index contributed by atoms with van der Waals surface area (Å²) in [4.78, 5) is 11.2. The van der Waals surface area contributed by atoms with Gasteiger partial charge in [0, 0.05) is 0 Å². The lowest BCUT2D eigenvalue weighted by molar-refractivity contribution is 1.08. The number of hydrogen-bond donors (Lipinski definition) is 2. The Hall–Kier alpha value is -1.54. The molecule has 0 unspecified atom stereocenters. The first-order chi connectivity index (χ1) is 6.24. The molecule has 0 atom stereocenters. The second-order valence-corrected chi connectivity index (χ2v) is 3.33. The molecule has 1 aromatic heterocycles. The van der Waals surface area contributed by atoms with Crippen LogP contribution in [0.2, 0.25) is 0 Å². The number of H-pyrrole nitrogens is 2. The molecule has 0 aliphatic heterocycles. The van der Waals surface area contributed by atoms with Crippen molar-refractivity contribution in [2.75, 3.05) is 0 Å². The predicted octanol–water partition coefficient (Wildman–Crippen LogP) is 1.49. The number of halogens is 1. The SMILES string of the molecule is N#Cc1ccc2[nH][nH]c(=O)c2c1Br. The molecule has 13 heavy (non-hydrogen) atoms. The Morgan fingerprint density at radius 2 is 2.15 bits per heavy atom. The van der Waals surface area contributed by atoms with E-state index in [0.717, 1.165) is 0 Å². The highest BCUT2D eigenvalue weighted by molar-refractivity contribution is 9.10. The van der Waals surface area contributed by atoms with Crippen LogP contribution < -0.4 is 5.56 Å². The van der Waals surface area contributed by atoms with Crippen LogP contribution in [0, 0.1) is 11.3 Å². The van der Waals surface area contributed by atoms with E-state index in [1.165, 1.54) is 0 Å². The summed E-state index contributed by atoms with van der Waals surface area (Å²) < 4.78 is 0.537. The van der Waals surface area contributed by atoms with Gasteiger partial charge >= 0.3 is 0 Å². The van der Waals surface area contributed by atoms with Gasteiger partial charge in [-0.1, -0.05) is 0 Å². The highest BCUT2D eigenvalue weighted by atomic mass is 79.9. The van der Waals surface area contributed by atoms with Gasteiger partial charge in [0.2, 0.25) is 0 Å². The van der Waals surface area contributed by atoms with Gasteiger partial charge in [-0.2, -0.15) is 5.26 Å². The van der Waals surface area contributed by atoms with Crippen molar-refractivity contribution in [3.8, 4) is 6.07 Å². The van der Waals surface area contributed by atoms with E-state index in [1.807, 2.05) is 6.07 Å². The summed E-state index contributed by atoms with van der Waals surface area (Å²) in [6.07, 6.45) is 0. The topological polar surface area (TPSA) is 72.4 Å². The second-order valence-electron chi connectivity index (χ2n) is 2.54. The second kappa shape index (κ2) is 2.75. The smallest absolute Gasteiger partial charge is 0.272 e. The molecule has 0 saturated carbocycles. The zero-order valence-corrected chi connectivity index (χ0v) is 7.97. The van der Waals surface area contributed by atoms with Crippen molar-refractivity contribution in [2.24, 2.45) is 0 Å². The van der Waals surface area contributed by atoms with Crippen molar-refractivity contribution in [3.63, 3.8) is 0 Å². The van der Waals surface area contributed by atoms with Crippen LogP contribution in [0.15, 0.2) is 21.4 Å². The maximum Gasteiger partial charge on any atom is 0.272 e. The van der Waals surface area contributed by atoms with Crippen LogP contribution in [-0.4, -0.2) is 10.2 Å². The Morgan fingerprint density at radius 3 is 2.85 bits per heavy atom. The number of nitrogens with one attached hydrogen (secondary N) is 2. The largest absolute Gasteiger partial charge is 0.297 e. The molecule has 1 heterocycles. The van der Waals surface area contributed by atoms with Crippen LogP contribution in [0.5, 0.6) is 0 Å². The maximum absolute atomic E-state index is 11.2. The van der Waals surface area contributed by atoms with E-state index in [4.69, 9.17) is 5.26 Å². The van der Waals surface area contributed by atoms with Gasteiger partial charge in [0.15, 0.2) is 0 Å². The zero-order chi connectivity index (χ0) is 9.42. The van der Waals surface area contributed by atoms with Gasteiger partial charge in [-0.25, -0.2) is 0 Å². The third-order valence-corrected chi connectivity index (χ3v) is 2.62. The quantitative estimate of drug-likeness (QED) is 0.729. The monoisotopic (exact) mass is 237 g/mol. The number of fused-ring (bicyclic) bond motifs is 1. The number of benzene rings is 1. The van der Waals surface area contributed by atoms with E-state index in [2.05, 4.69) is 26.1 Å². The van der Waals surface area contributed by atoms with Crippen molar-refractivity contribution >= 4 is 26.8 Å². The van der Waals surface area contributed by atoms with Crippen molar-refractivity contribution in [1.82, 2.24) is 10.2 Å². The third kappa shape index (κ3) is 1.07. The van der Waals surface area contributed by atoms with E-state index in [0.29, 0.717) is 20.9 Å². The molecule has 5 heteroatoms. The molecular weight excluding hydrogens is 234 g/mol. The van der Waals surface area contributed by atoms with Crippen LogP contribution in [-0.2, 0) is 0 Å². The fourth-order valence-corrected chi connectivity index (χ4v) is 1.79. The normalized spacial score (nSPS) is 10.2. The molecule has 4 nitrogen and oxygen atoms in total. The molecule has 64 valence electrons. The van der Waals surface area contributed by atoms with Gasteiger partial charge in [0.25, 0.3) is 5.56 Å². The summed E-state index contributed by atoms with van der Waals surface area (Å²) in [6, 6.07) is 5.33. The average Bonchev–Trinajstić information content (AvgIpc) is 2.49. The predicted molar refractivity (Wildman–Crippen MR) is 51.3 cm³/mol.